The Morgan fingerprint density at radius 3 is 2.79 bits per heavy atom. The van der Waals surface area contributed by atoms with Crippen LogP contribution in [0.25, 0.3) is 0 Å². The molecule has 3 heteroatoms. The fourth-order valence-electron chi connectivity index (χ4n) is 2.90. The Balaban J connectivity index is 2.14. The highest BCUT2D eigenvalue weighted by molar-refractivity contribution is 6.31. The van der Waals surface area contributed by atoms with Gasteiger partial charge in [-0.15, -0.1) is 0 Å². The first-order valence-electron chi connectivity index (χ1n) is 7.04. The van der Waals surface area contributed by atoms with Gasteiger partial charge in [0, 0.05) is 23.2 Å². The number of nitrogens with zero attached hydrogens (tertiary/aromatic N) is 1. The first-order valence-corrected chi connectivity index (χ1v) is 7.42. The smallest absolute Gasteiger partial charge is 0.179 e. The van der Waals surface area contributed by atoms with Crippen molar-refractivity contribution in [3.63, 3.8) is 0 Å². The molecule has 0 radical (unpaired) electrons. The summed E-state index contributed by atoms with van der Waals surface area (Å²) in [6.07, 6.45) is 2.43. The number of carbonyl (C=O) groups is 1. The Hall–Kier alpha value is -0.860. The van der Waals surface area contributed by atoms with E-state index in [4.69, 9.17) is 11.6 Å². The van der Waals surface area contributed by atoms with E-state index in [0.717, 1.165) is 6.54 Å². The first kappa shape index (κ1) is 14.5. The largest absolute Gasteiger partial charge is 0.292 e. The summed E-state index contributed by atoms with van der Waals surface area (Å²) >= 11 is 5.97. The maximum Gasteiger partial charge on any atom is 0.179 e. The fourth-order valence-corrected chi connectivity index (χ4v) is 3.09. The third-order valence-corrected chi connectivity index (χ3v) is 4.39. The molecule has 3 unspecified atom stereocenters. The zero-order chi connectivity index (χ0) is 14.0. The van der Waals surface area contributed by atoms with Crippen molar-refractivity contribution in [3.8, 4) is 0 Å². The standard InChI is InChI=1S/C16H22ClNO/c1-11-7-8-12(2)18(10-11)13(3)16(19)14-5-4-6-15(17)9-14/h4-6,9,11-13H,7-8,10H2,1-3H3. The molecule has 1 aromatic rings. The van der Waals surface area contributed by atoms with E-state index < -0.39 is 0 Å². The Morgan fingerprint density at radius 1 is 1.37 bits per heavy atom. The van der Waals surface area contributed by atoms with Crippen LogP contribution in [-0.2, 0) is 0 Å². The zero-order valence-electron chi connectivity index (χ0n) is 11.9. The van der Waals surface area contributed by atoms with Gasteiger partial charge >= 0.3 is 0 Å². The van der Waals surface area contributed by atoms with Crippen LogP contribution in [0.1, 0.15) is 44.0 Å². The predicted molar refractivity (Wildman–Crippen MR) is 79.8 cm³/mol. The maximum atomic E-state index is 12.5. The Kier molecular flexibility index (Phi) is 4.64. The van der Waals surface area contributed by atoms with Gasteiger partial charge in [0.1, 0.15) is 0 Å². The van der Waals surface area contributed by atoms with Gasteiger partial charge in [-0.3, -0.25) is 9.69 Å². The van der Waals surface area contributed by atoms with Gasteiger partial charge in [-0.25, -0.2) is 0 Å². The van der Waals surface area contributed by atoms with Crippen LogP contribution in [0.5, 0.6) is 0 Å². The number of hydrogen-bond donors (Lipinski definition) is 0. The lowest BCUT2D eigenvalue weighted by molar-refractivity contribution is 0.0607. The summed E-state index contributed by atoms with van der Waals surface area (Å²) in [6.45, 7) is 7.50. The highest BCUT2D eigenvalue weighted by Gasteiger charge is 2.30. The molecule has 0 saturated carbocycles. The van der Waals surface area contributed by atoms with Crippen LogP contribution in [0, 0.1) is 5.92 Å². The van der Waals surface area contributed by atoms with Crippen LogP contribution in [0.15, 0.2) is 24.3 Å². The second-order valence-corrected chi connectivity index (χ2v) is 6.22. The van der Waals surface area contributed by atoms with E-state index in [2.05, 4.69) is 18.7 Å². The topological polar surface area (TPSA) is 20.3 Å². The third kappa shape index (κ3) is 3.37. The molecule has 19 heavy (non-hydrogen) atoms. The number of ketones is 1. The Bertz CT molecular complexity index is 460. The first-order chi connectivity index (χ1) is 8.99. The van der Waals surface area contributed by atoms with Crippen LogP contribution < -0.4 is 0 Å². The number of carbonyl (C=O) groups excluding carboxylic acids is 1. The molecule has 2 nitrogen and oxygen atoms in total. The van der Waals surface area contributed by atoms with Crippen molar-refractivity contribution in [1.82, 2.24) is 4.90 Å². The lowest BCUT2D eigenvalue weighted by Gasteiger charge is -2.40. The lowest BCUT2D eigenvalue weighted by Crippen LogP contribution is -2.49. The van der Waals surface area contributed by atoms with Gasteiger partial charge in [0.05, 0.1) is 6.04 Å². The number of hydrogen-bond acceptors (Lipinski definition) is 2. The van der Waals surface area contributed by atoms with Crippen LogP contribution in [-0.4, -0.2) is 29.3 Å². The highest BCUT2D eigenvalue weighted by atomic mass is 35.5. The second-order valence-electron chi connectivity index (χ2n) is 5.78. The normalized spacial score (nSPS) is 26.1. The van der Waals surface area contributed by atoms with Gasteiger partial charge in [-0.2, -0.15) is 0 Å². The predicted octanol–water partition coefficient (Wildman–Crippen LogP) is 4.03. The van der Waals surface area contributed by atoms with Gasteiger partial charge in [-0.05, 0) is 44.7 Å². The summed E-state index contributed by atoms with van der Waals surface area (Å²) < 4.78 is 0. The zero-order valence-corrected chi connectivity index (χ0v) is 12.7. The van der Waals surface area contributed by atoms with Crippen LogP contribution >= 0.6 is 11.6 Å². The molecule has 1 aliphatic rings. The number of rotatable bonds is 3. The molecule has 0 spiro atoms. The molecule has 1 fully saturated rings. The molecule has 104 valence electrons. The number of piperidine rings is 1. The number of Topliss-reactive ketones (excluding diaryl/α,β-unsaturated/α-hetero) is 1. The maximum absolute atomic E-state index is 12.5. The van der Waals surface area contributed by atoms with Crippen LogP contribution in [0.3, 0.4) is 0 Å². The molecule has 1 aliphatic heterocycles. The van der Waals surface area contributed by atoms with Crippen molar-refractivity contribution < 1.29 is 4.79 Å². The molecule has 3 atom stereocenters. The minimum Gasteiger partial charge on any atom is -0.292 e. The van der Waals surface area contributed by atoms with Crippen molar-refractivity contribution >= 4 is 17.4 Å². The second kappa shape index (κ2) is 6.06. The number of halogens is 1. The van der Waals surface area contributed by atoms with Crippen molar-refractivity contribution in [3.05, 3.63) is 34.9 Å². The van der Waals surface area contributed by atoms with Gasteiger partial charge in [-0.1, -0.05) is 30.7 Å². The minimum atomic E-state index is -0.0729. The molecule has 0 N–H and O–H groups in total. The lowest BCUT2D eigenvalue weighted by atomic mass is 9.92. The molecule has 0 aromatic heterocycles. The van der Waals surface area contributed by atoms with E-state index in [1.165, 1.54) is 12.8 Å². The van der Waals surface area contributed by atoms with Crippen molar-refractivity contribution in [2.45, 2.75) is 45.7 Å². The van der Waals surface area contributed by atoms with E-state index >= 15 is 0 Å². The van der Waals surface area contributed by atoms with Crippen molar-refractivity contribution in [2.24, 2.45) is 5.92 Å². The van der Waals surface area contributed by atoms with Gasteiger partial charge in [0.25, 0.3) is 0 Å². The van der Waals surface area contributed by atoms with Crippen LogP contribution in [0.4, 0.5) is 0 Å². The molecule has 0 aliphatic carbocycles. The highest BCUT2D eigenvalue weighted by Crippen LogP contribution is 2.25. The van der Waals surface area contributed by atoms with Gasteiger partial charge in [0.15, 0.2) is 5.78 Å². The quantitative estimate of drug-likeness (QED) is 0.779. The van der Waals surface area contributed by atoms with E-state index in [0.29, 0.717) is 22.5 Å². The molecular formula is C16H22ClNO. The van der Waals surface area contributed by atoms with Crippen LogP contribution in [0.2, 0.25) is 5.02 Å². The fraction of sp³-hybridized carbons (Fsp3) is 0.562. The minimum absolute atomic E-state index is 0.0729. The summed E-state index contributed by atoms with van der Waals surface area (Å²) in [4.78, 5) is 14.9. The average Bonchev–Trinajstić information content (AvgIpc) is 2.40. The molecule has 1 heterocycles. The van der Waals surface area contributed by atoms with Gasteiger partial charge in [0.2, 0.25) is 0 Å². The monoisotopic (exact) mass is 279 g/mol. The van der Waals surface area contributed by atoms with Gasteiger partial charge < -0.3 is 0 Å². The number of benzene rings is 1. The molecule has 2 rings (SSSR count). The van der Waals surface area contributed by atoms with E-state index in [1.807, 2.05) is 19.1 Å². The SMILES string of the molecule is CC1CCC(C)N(C(C)C(=O)c2cccc(Cl)c2)C1. The van der Waals surface area contributed by atoms with E-state index in [-0.39, 0.29) is 11.8 Å². The van der Waals surface area contributed by atoms with Crippen molar-refractivity contribution in [2.75, 3.05) is 6.54 Å². The molecular weight excluding hydrogens is 258 g/mol. The summed E-state index contributed by atoms with van der Waals surface area (Å²) in [5.74, 6) is 0.842. The third-order valence-electron chi connectivity index (χ3n) is 4.15. The summed E-state index contributed by atoms with van der Waals surface area (Å²) in [5, 5.41) is 0.623. The number of likely N-dealkylation sites (tertiary alicyclic amines) is 1. The van der Waals surface area contributed by atoms with Crippen molar-refractivity contribution in [1.29, 1.82) is 0 Å². The molecule has 0 amide bonds. The Morgan fingerprint density at radius 2 is 2.11 bits per heavy atom. The molecule has 1 saturated heterocycles. The summed E-state index contributed by atoms with van der Waals surface area (Å²) in [5.41, 5.74) is 0.713. The molecule has 1 aromatic carbocycles. The summed E-state index contributed by atoms with van der Waals surface area (Å²) in [7, 11) is 0. The Labute approximate surface area is 120 Å². The van der Waals surface area contributed by atoms with E-state index in [9.17, 15) is 4.79 Å². The average molecular weight is 280 g/mol. The molecule has 0 bridgehead atoms. The summed E-state index contributed by atoms with van der Waals surface area (Å²) in [6, 6.07) is 7.66. The van der Waals surface area contributed by atoms with E-state index in [1.54, 1.807) is 12.1 Å².